The zero-order valence-corrected chi connectivity index (χ0v) is 14.3. The molecule has 2 aromatic rings. The van der Waals surface area contributed by atoms with E-state index in [1.165, 1.54) is 0 Å². The molecule has 0 radical (unpaired) electrons. The second-order valence-electron chi connectivity index (χ2n) is 6.81. The highest BCUT2D eigenvalue weighted by Crippen LogP contribution is 2.37. The fourth-order valence-electron chi connectivity index (χ4n) is 3.99. The Labute approximate surface area is 149 Å². The Morgan fingerprint density at radius 1 is 1.35 bits per heavy atom. The van der Waals surface area contributed by atoms with Crippen molar-refractivity contribution in [3.05, 3.63) is 30.0 Å². The number of carbonyl (C=O) groups excluding carboxylic acids is 3. The van der Waals surface area contributed by atoms with Crippen LogP contribution < -0.4 is 20.7 Å². The van der Waals surface area contributed by atoms with Crippen LogP contribution in [0.25, 0.3) is 10.9 Å². The third-order valence-electron chi connectivity index (χ3n) is 5.37. The van der Waals surface area contributed by atoms with Gasteiger partial charge in [0.2, 0.25) is 0 Å². The van der Waals surface area contributed by atoms with E-state index in [9.17, 15) is 14.4 Å². The molecule has 26 heavy (non-hydrogen) atoms. The molecule has 1 saturated heterocycles. The Bertz CT molecular complexity index is 906. The van der Waals surface area contributed by atoms with Gasteiger partial charge in [0.15, 0.2) is 0 Å². The van der Waals surface area contributed by atoms with Crippen LogP contribution in [0.5, 0.6) is 5.75 Å². The molecule has 2 aliphatic rings. The topological polar surface area (TPSA) is 112 Å². The van der Waals surface area contributed by atoms with Crippen LogP contribution in [0.3, 0.4) is 0 Å². The van der Waals surface area contributed by atoms with Gasteiger partial charge in [0.05, 0.1) is 7.11 Å². The van der Waals surface area contributed by atoms with E-state index >= 15 is 0 Å². The molecule has 1 saturated carbocycles. The maximum Gasteiger partial charge on any atom is 0.322 e. The molecule has 1 spiro atoms. The summed E-state index contributed by atoms with van der Waals surface area (Å²) in [6.07, 6.45) is 2.20. The van der Waals surface area contributed by atoms with Gasteiger partial charge < -0.3 is 20.4 Å². The smallest absolute Gasteiger partial charge is 0.322 e. The molecule has 136 valence electrons. The summed E-state index contributed by atoms with van der Waals surface area (Å²) >= 11 is 0. The summed E-state index contributed by atoms with van der Waals surface area (Å²) in [6, 6.07) is 6.86. The molecule has 8 nitrogen and oxygen atoms in total. The van der Waals surface area contributed by atoms with Crippen molar-refractivity contribution in [2.75, 3.05) is 13.7 Å². The highest BCUT2D eigenvalue weighted by molar-refractivity contribution is 6.07. The van der Waals surface area contributed by atoms with E-state index < -0.39 is 11.6 Å². The van der Waals surface area contributed by atoms with Crippen LogP contribution in [0, 0.1) is 5.92 Å². The molecule has 1 aliphatic carbocycles. The van der Waals surface area contributed by atoms with Crippen LogP contribution in [0.1, 0.15) is 29.8 Å². The van der Waals surface area contributed by atoms with Crippen LogP contribution in [0.4, 0.5) is 4.79 Å². The number of urea groups is 1. The van der Waals surface area contributed by atoms with Crippen LogP contribution in [0.2, 0.25) is 0 Å². The van der Waals surface area contributed by atoms with Gasteiger partial charge in [-0.25, -0.2) is 4.79 Å². The normalized spacial score (nSPS) is 24.7. The second kappa shape index (κ2) is 6.05. The minimum Gasteiger partial charge on any atom is -0.497 e. The monoisotopic (exact) mass is 356 g/mol. The Morgan fingerprint density at radius 3 is 2.92 bits per heavy atom. The van der Waals surface area contributed by atoms with E-state index in [1.807, 2.05) is 18.2 Å². The van der Waals surface area contributed by atoms with Gasteiger partial charge >= 0.3 is 6.03 Å². The van der Waals surface area contributed by atoms with Crippen molar-refractivity contribution >= 4 is 28.7 Å². The quantitative estimate of drug-likeness (QED) is 0.618. The Morgan fingerprint density at radius 2 is 2.19 bits per heavy atom. The van der Waals surface area contributed by atoms with Crippen LogP contribution in [0.15, 0.2) is 24.3 Å². The number of hydrogen-bond acceptors (Lipinski definition) is 4. The summed E-state index contributed by atoms with van der Waals surface area (Å²) in [5, 5.41) is 8.86. The number of benzene rings is 1. The fourth-order valence-corrected chi connectivity index (χ4v) is 3.99. The van der Waals surface area contributed by atoms with Gasteiger partial charge in [-0.05, 0) is 31.0 Å². The number of rotatable bonds is 4. The number of imide groups is 1. The second-order valence-corrected chi connectivity index (χ2v) is 6.81. The highest BCUT2D eigenvalue weighted by Gasteiger charge is 2.54. The van der Waals surface area contributed by atoms with E-state index in [0.29, 0.717) is 24.4 Å². The number of fused-ring (bicyclic) bond motifs is 1. The number of carbonyl (C=O) groups is 3. The Balaban J connectivity index is 1.47. The molecule has 8 heteroatoms. The number of ether oxygens (including phenoxy) is 1. The Kier molecular flexibility index (Phi) is 3.82. The van der Waals surface area contributed by atoms with Crippen molar-refractivity contribution in [2.24, 2.45) is 5.92 Å². The third-order valence-corrected chi connectivity index (χ3v) is 5.37. The molecule has 4 N–H and O–H groups in total. The number of aromatic nitrogens is 1. The number of nitrogens with one attached hydrogen (secondary N) is 4. The van der Waals surface area contributed by atoms with Gasteiger partial charge in [-0.15, -0.1) is 0 Å². The van der Waals surface area contributed by atoms with Crippen molar-refractivity contribution in [3.63, 3.8) is 0 Å². The van der Waals surface area contributed by atoms with E-state index in [-0.39, 0.29) is 17.7 Å². The summed E-state index contributed by atoms with van der Waals surface area (Å²) in [5.74, 6) is 0.0495. The van der Waals surface area contributed by atoms with E-state index in [2.05, 4.69) is 20.9 Å². The molecular weight excluding hydrogens is 336 g/mol. The molecule has 4 amide bonds. The van der Waals surface area contributed by atoms with Gasteiger partial charge in [0.25, 0.3) is 11.8 Å². The van der Waals surface area contributed by atoms with Crippen molar-refractivity contribution in [1.82, 2.24) is 20.9 Å². The lowest BCUT2D eigenvalue weighted by molar-refractivity contribution is -0.125. The first-order valence-electron chi connectivity index (χ1n) is 8.60. The van der Waals surface area contributed by atoms with Gasteiger partial charge in [0, 0.05) is 29.4 Å². The summed E-state index contributed by atoms with van der Waals surface area (Å²) in [6.45, 7) is 0.325. The first kappa shape index (κ1) is 16.4. The lowest BCUT2D eigenvalue weighted by Crippen LogP contribution is -2.53. The molecule has 2 fully saturated rings. The van der Waals surface area contributed by atoms with Gasteiger partial charge in [-0.2, -0.15) is 0 Å². The van der Waals surface area contributed by atoms with Gasteiger partial charge in [-0.3, -0.25) is 14.9 Å². The zero-order valence-electron chi connectivity index (χ0n) is 14.3. The maximum atomic E-state index is 12.5. The van der Waals surface area contributed by atoms with Crippen molar-refractivity contribution in [1.29, 1.82) is 0 Å². The molecule has 1 aromatic heterocycles. The SMILES string of the molecule is COc1ccc2cc(C(=O)NCC3CCCC34NC(=O)NC4=O)[nH]c2c1. The molecule has 4 rings (SSSR count). The predicted molar refractivity (Wildman–Crippen MR) is 93.9 cm³/mol. The number of hydrogen-bond donors (Lipinski definition) is 4. The molecule has 2 atom stereocenters. The average molecular weight is 356 g/mol. The lowest BCUT2D eigenvalue weighted by Gasteiger charge is -2.28. The summed E-state index contributed by atoms with van der Waals surface area (Å²) in [7, 11) is 1.59. The van der Waals surface area contributed by atoms with Gasteiger partial charge in [0.1, 0.15) is 17.0 Å². The predicted octanol–water partition coefficient (Wildman–Crippen LogP) is 1.28. The number of methoxy groups -OCH3 is 1. The Hall–Kier alpha value is -3.03. The van der Waals surface area contributed by atoms with E-state index in [1.54, 1.807) is 13.2 Å². The highest BCUT2D eigenvalue weighted by atomic mass is 16.5. The first-order chi connectivity index (χ1) is 12.5. The van der Waals surface area contributed by atoms with Gasteiger partial charge in [-0.1, -0.05) is 6.42 Å². The molecule has 2 unspecified atom stereocenters. The van der Waals surface area contributed by atoms with Crippen molar-refractivity contribution in [3.8, 4) is 5.75 Å². The van der Waals surface area contributed by atoms with E-state index in [0.717, 1.165) is 23.7 Å². The first-order valence-corrected chi connectivity index (χ1v) is 8.60. The molecule has 0 bridgehead atoms. The minimum atomic E-state index is -0.891. The molecule has 1 aromatic carbocycles. The van der Waals surface area contributed by atoms with Crippen molar-refractivity contribution in [2.45, 2.75) is 24.8 Å². The molecular formula is C18H20N4O4. The fraction of sp³-hybridized carbons (Fsp3) is 0.389. The molecule has 2 heterocycles. The average Bonchev–Trinajstić information content (AvgIpc) is 3.30. The minimum absolute atomic E-state index is 0.123. The number of amides is 4. The largest absolute Gasteiger partial charge is 0.497 e. The summed E-state index contributed by atoms with van der Waals surface area (Å²) < 4.78 is 5.19. The number of H-pyrrole nitrogens is 1. The summed E-state index contributed by atoms with van der Waals surface area (Å²) in [4.78, 5) is 39.3. The third kappa shape index (κ3) is 2.58. The molecule has 1 aliphatic heterocycles. The summed E-state index contributed by atoms with van der Waals surface area (Å²) in [5.41, 5.74) is 0.368. The van der Waals surface area contributed by atoms with Crippen LogP contribution in [-0.4, -0.2) is 42.0 Å². The zero-order chi connectivity index (χ0) is 18.3. The van der Waals surface area contributed by atoms with Crippen LogP contribution >= 0.6 is 0 Å². The number of aromatic amines is 1. The lowest BCUT2D eigenvalue weighted by atomic mass is 9.87. The van der Waals surface area contributed by atoms with Crippen LogP contribution in [-0.2, 0) is 4.79 Å². The van der Waals surface area contributed by atoms with Crippen molar-refractivity contribution < 1.29 is 19.1 Å². The maximum absolute atomic E-state index is 12.5. The van der Waals surface area contributed by atoms with E-state index in [4.69, 9.17) is 4.74 Å². The standard InChI is InChI=1S/C18H20N4O4/c1-26-12-5-4-10-7-14(20-13(10)8-12)15(23)19-9-11-3-2-6-18(11)16(24)21-17(25)22-18/h4-5,7-8,11,20H,2-3,6,9H2,1H3,(H,19,23)(H2,21,22,24,25).